The first-order valence-corrected chi connectivity index (χ1v) is 14.0. The molecule has 1 N–H and O–H groups in total. The maximum atomic E-state index is 8.79. The number of benzene rings is 2. The molecule has 0 radical (unpaired) electrons. The van der Waals surface area contributed by atoms with Gasteiger partial charge in [0.15, 0.2) is 0 Å². The van der Waals surface area contributed by atoms with E-state index in [4.69, 9.17) is 10.1 Å². The average Bonchev–Trinajstić information content (AvgIpc) is 2.86. The SMILES string of the molecule is OCCCCCCCCCCCSSc1nnc(-c2ccccc2)c(-c2ccccc2)n1. The molecule has 1 heterocycles. The molecule has 0 aliphatic carbocycles. The predicted molar refractivity (Wildman–Crippen MR) is 138 cm³/mol. The summed E-state index contributed by atoms with van der Waals surface area (Å²) < 4.78 is 0. The second kappa shape index (κ2) is 15.0. The van der Waals surface area contributed by atoms with Crippen molar-refractivity contribution in [2.75, 3.05) is 12.4 Å². The van der Waals surface area contributed by atoms with E-state index in [9.17, 15) is 0 Å². The van der Waals surface area contributed by atoms with Gasteiger partial charge in [-0.1, -0.05) is 116 Å². The van der Waals surface area contributed by atoms with Crippen LogP contribution in [-0.2, 0) is 0 Å². The zero-order valence-electron chi connectivity index (χ0n) is 18.7. The first-order chi connectivity index (χ1) is 15.9. The fraction of sp³-hybridized carbons (Fsp3) is 0.423. The second-order valence-corrected chi connectivity index (χ2v) is 10.2. The molecule has 0 spiro atoms. The van der Waals surface area contributed by atoms with Crippen molar-refractivity contribution in [1.29, 1.82) is 0 Å². The third kappa shape index (κ3) is 8.57. The van der Waals surface area contributed by atoms with Gasteiger partial charge in [-0.3, -0.25) is 0 Å². The van der Waals surface area contributed by atoms with Crippen molar-refractivity contribution in [2.45, 2.75) is 62.9 Å². The van der Waals surface area contributed by atoms with Crippen molar-refractivity contribution in [3.05, 3.63) is 60.7 Å². The molecule has 4 nitrogen and oxygen atoms in total. The van der Waals surface area contributed by atoms with Gasteiger partial charge in [0.25, 0.3) is 0 Å². The van der Waals surface area contributed by atoms with E-state index in [0.29, 0.717) is 6.61 Å². The van der Waals surface area contributed by atoms with Gasteiger partial charge >= 0.3 is 0 Å². The Morgan fingerprint density at radius 3 is 1.72 bits per heavy atom. The second-order valence-electron chi connectivity index (χ2n) is 7.83. The first-order valence-electron chi connectivity index (χ1n) is 11.6. The van der Waals surface area contributed by atoms with Crippen molar-refractivity contribution in [1.82, 2.24) is 15.2 Å². The van der Waals surface area contributed by atoms with Gasteiger partial charge in [-0.25, -0.2) is 4.98 Å². The number of hydrogen-bond donors (Lipinski definition) is 1. The van der Waals surface area contributed by atoms with Crippen LogP contribution < -0.4 is 0 Å². The Bertz CT molecular complexity index is 894. The molecule has 32 heavy (non-hydrogen) atoms. The van der Waals surface area contributed by atoms with Crippen molar-refractivity contribution in [3.63, 3.8) is 0 Å². The third-order valence-corrected chi connectivity index (χ3v) is 7.48. The molecule has 3 rings (SSSR count). The van der Waals surface area contributed by atoms with Crippen molar-refractivity contribution in [3.8, 4) is 22.5 Å². The van der Waals surface area contributed by atoms with Gasteiger partial charge < -0.3 is 5.11 Å². The van der Waals surface area contributed by atoms with Gasteiger partial charge in [0.1, 0.15) is 11.4 Å². The van der Waals surface area contributed by atoms with Gasteiger partial charge in [0.05, 0.1) is 0 Å². The number of hydrogen-bond acceptors (Lipinski definition) is 6. The van der Waals surface area contributed by atoms with Crippen LogP contribution >= 0.6 is 21.6 Å². The summed E-state index contributed by atoms with van der Waals surface area (Å²) in [6, 6.07) is 20.4. The summed E-state index contributed by atoms with van der Waals surface area (Å²) in [7, 11) is 3.44. The van der Waals surface area contributed by atoms with E-state index in [2.05, 4.69) is 34.5 Å². The van der Waals surface area contributed by atoms with Crippen LogP contribution in [0.5, 0.6) is 0 Å². The van der Waals surface area contributed by atoms with Crippen LogP contribution in [0.4, 0.5) is 0 Å². The highest BCUT2D eigenvalue weighted by atomic mass is 33.1. The standard InChI is InChI=1S/C26H33N3OS2/c30-20-14-6-4-2-1-3-5-7-15-21-31-32-26-27-24(22-16-10-8-11-17-22)25(28-29-26)23-18-12-9-13-19-23/h8-13,16-19,30H,1-7,14-15,20-21H2. The summed E-state index contributed by atoms with van der Waals surface area (Å²) in [6.07, 6.45) is 11.2. The van der Waals surface area contributed by atoms with E-state index in [0.717, 1.165) is 39.8 Å². The smallest absolute Gasteiger partial charge is 0.220 e. The minimum Gasteiger partial charge on any atom is -0.396 e. The topological polar surface area (TPSA) is 58.9 Å². The van der Waals surface area contributed by atoms with E-state index >= 15 is 0 Å². The minimum absolute atomic E-state index is 0.335. The molecule has 0 atom stereocenters. The van der Waals surface area contributed by atoms with E-state index < -0.39 is 0 Å². The molecule has 0 aliphatic heterocycles. The van der Waals surface area contributed by atoms with Crippen LogP contribution in [0.2, 0.25) is 0 Å². The average molecular weight is 468 g/mol. The lowest BCUT2D eigenvalue weighted by molar-refractivity contribution is 0.282. The van der Waals surface area contributed by atoms with Crippen molar-refractivity contribution < 1.29 is 5.11 Å². The predicted octanol–water partition coefficient (Wildman–Crippen LogP) is 7.45. The zero-order chi connectivity index (χ0) is 22.3. The van der Waals surface area contributed by atoms with E-state index in [1.165, 1.54) is 51.4 Å². The molecule has 0 saturated carbocycles. The molecule has 1 aromatic heterocycles. The highest BCUT2D eigenvalue weighted by Crippen LogP contribution is 2.33. The van der Waals surface area contributed by atoms with Gasteiger partial charge in [0, 0.05) is 23.5 Å². The highest BCUT2D eigenvalue weighted by Gasteiger charge is 2.13. The van der Waals surface area contributed by atoms with Crippen molar-refractivity contribution in [2.24, 2.45) is 0 Å². The van der Waals surface area contributed by atoms with E-state index in [1.54, 1.807) is 10.8 Å². The van der Waals surface area contributed by atoms with E-state index in [-0.39, 0.29) is 0 Å². The Labute approximate surface area is 200 Å². The number of aliphatic hydroxyl groups is 1. The summed E-state index contributed by atoms with van der Waals surface area (Å²) in [5, 5.41) is 18.4. The van der Waals surface area contributed by atoms with Crippen LogP contribution in [0, 0.1) is 0 Å². The van der Waals surface area contributed by atoms with Gasteiger partial charge in [0.2, 0.25) is 5.16 Å². The van der Waals surface area contributed by atoms with Gasteiger partial charge in [-0.15, -0.1) is 10.2 Å². The van der Waals surface area contributed by atoms with Crippen LogP contribution in [0.3, 0.4) is 0 Å². The summed E-state index contributed by atoms with van der Waals surface area (Å²) >= 11 is 0. The largest absolute Gasteiger partial charge is 0.396 e. The van der Waals surface area contributed by atoms with Gasteiger partial charge in [-0.2, -0.15) is 0 Å². The highest BCUT2D eigenvalue weighted by molar-refractivity contribution is 8.76. The van der Waals surface area contributed by atoms with Crippen LogP contribution in [-0.4, -0.2) is 32.6 Å². The number of aliphatic hydroxyl groups excluding tert-OH is 1. The molecular formula is C26H33N3OS2. The summed E-state index contributed by atoms with van der Waals surface area (Å²) in [5.74, 6) is 1.10. The monoisotopic (exact) mass is 467 g/mol. The van der Waals surface area contributed by atoms with Crippen molar-refractivity contribution >= 4 is 21.6 Å². The number of unbranched alkanes of at least 4 members (excludes halogenated alkanes) is 8. The quantitative estimate of drug-likeness (QED) is 0.185. The molecular weight excluding hydrogens is 434 g/mol. The summed E-state index contributed by atoms with van der Waals surface area (Å²) in [5.41, 5.74) is 3.80. The minimum atomic E-state index is 0.335. The number of nitrogens with zero attached hydrogens (tertiary/aromatic N) is 3. The Morgan fingerprint density at radius 1 is 0.594 bits per heavy atom. The lowest BCUT2D eigenvalue weighted by atomic mass is 10.0. The van der Waals surface area contributed by atoms with Gasteiger partial charge in [-0.05, 0) is 23.6 Å². The molecule has 0 bridgehead atoms. The van der Waals surface area contributed by atoms with Crippen LogP contribution in [0.1, 0.15) is 57.8 Å². The molecule has 3 aromatic rings. The first kappa shape index (κ1) is 24.7. The lowest BCUT2D eigenvalue weighted by Crippen LogP contribution is -1.98. The Balaban J connectivity index is 1.44. The fourth-order valence-corrected chi connectivity index (χ4v) is 5.38. The lowest BCUT2D eigenvalue weighted by Gasteiger charge is -2.09. The van der Waals surface area contributed by atoms with Crippen LogP contribution in [0.15, 0.2) is 65.8 Å². The molecule has 0 aliphatic rings. The fourth-order valence-electron chi connectivity index (χ4n) is 3.54. The van der Waals surface area contributed by atoms with Crippen LogP contribution in [0.25, 0.3) is 22.5 Å². The maximum absolute atomic E-state index is 8.79. The Morgan fingerprint density at radius 2 is 1.12 bits per heavy atom. The summed E-state index contributed by atoms with van der Waals surface area (Å²) in [4.78, 5) is 4.86. The molecule has 0 amide bonds. The molecule has 0 saturated heterocycles. The summed E-state index contributed by atoms with van der Waals surface area (Å²) in [6.45, 7) is 0.335. The molecule has 6 heteroatoms. The normalized spacial score (nSPS) is 11.0. The Hall–Kier alpha value is -1.89. The number of aromatic nitrogens is 3. The zero-order valence-corrected chi connectivity index (χ0v) is 20.3. The van der Waals surface area contributed by atoms with E-state index in [1.807, 2.05) is 47.2 Å². The third-order valence-electron chi connectivity index (χ3n) is 5.28. The maximum Gasteiger partial charge on any atom is 0.220 e. The molecule has 0 fully saturated rings. The number of rotatable bonds is 15. The molecule has 2 aromatic carbocycles. The molecule has 170 valence electrons. The molecule has 0 unspecified atom stereocenters. The Kier molecular flexibility index (Phi) is 11.6.